The van der Waals surface area contributed by atoms with Gasteiger partial charge < -0.3 is 15.5 Å². The Morgan fingerprint density at radius 1 is 1.28 bits per heavy atom. The molecule has 2 heterocycles. The smallest absolute Gasteiger partial charge is 0.264 e. The molecule has 18 heavy (non-hydrogen) atoms. The van der Waals surface area contributed by atoms with E-state index in [0.717, 1.165) is 4.88 Å². The first-order chi connectivity index (χ1) is 8.59. The summed E-state index contributed by atoms with van der Waals surface area (Å²) in [7, 11) is 0. The van der Waals surface area contributed by atoms with Crippen molar-refractivity contribution in [3.63, 3.8) is 0 Å². The zero-order chi connectivity index (χ0) is 13.1. The van der Waals surface area contributed by atoms with Crippen molar-refractivity contribution in [3.8, 4) is 0 Å². The van der Waals surface area contributed by atoms with Crippen molar-refractivity contribution in [2.75, 3.05) is 26.2 Å². The molecule has 1 aromatic rings. The number of hydrogen-bond donors (Lipinski definition) is 1. The summed E-state index contributed by atoms with van der Waals surface area (Å²) in [5.74, 6) is 0.0103. The summed E-state index contributed by atoms with van der Waals surface area (Å²) in [5.41, 5.74) is 5.57. The van der Waals surface area contributed by atoms with Crippen LogP contribution in [-0.4, -0.2) is 53.8 Å². The molecule has 1 fully saturated rings. The quantitative estimate of drug-likeness (QED) is 0.842. The molecule has 1 aliphatic heterocycles. The van der Waals surface area contributed by atoms with Gasteiger partial charge in [0.2, 0.25) is 5.91 Å². The van der Waals surface area contributed by atoms with Gasteiger partial charge in [-0.1, -0.05) is 6.07 Å². The second-order valence-electron chi connectivity index (χ2n) is 4.38. The van der Waals surface area contributed by atoms with Crippen molar-refractivity contribution in [3.05, 3.63) is 22.4 Å². The van der Waals surface area contributed by atoms with Gasteiger partial charge in [-0.3, -0.25) is 9.59 Å². The summed E-state index contributed by atoms with van der Waals surface area (Å²) >= 11 is 1.44. The third-order valence-electron chi connectivity index (χ3n) is 3.00. The van der Waals surface area contributed by atoms with E-state index in [-0.39, 0.29) is 11.8 Å². The van der Waals surface area contributed by atoms with E-state index >= 15 is 0 Å². The number of nitrogens with zero attached hydrogens (tertiary/aromatic N) is 2. The molecular formula is C12H17N3O2S. The van der Waals surface area contributed by atoms with Crippen LogP contribution in [0.5, 0.6) is 0 Å². The van der Waals surface area contributed by atoms with Gasteiger partial charge in [0.15, 0.2) is 0 Å². The highest BCUT2D eigenvalue weighted by atomic mass is 32.1. The maximum atomic E-state index is 12.1. The van der Waals surface area contributed by atoms with Crippen LogP contribution in [0.25, 0.3) is 0 Å². The highest BCUT2D eigenvalue weighted by Gasteiger charge is 2.26. The summed E-state index contributed by atoms with van der Waals surface area (Å²) in [5, 5.41) is 1.89. The fourth-order valence-electron chi connectivity index (χ4n) is 1.97. The third kappa shape index (κ3) is 2.70. The van der Waals surface area contributed by atoms with Crippen LogP contribution in [0.1, 0.15) is 16.6 Å². The predicted octanol–water partition coefficient (Wildman–Crippen LogP) is 0.380. The lowest BCUT2D eigenvalue weighted by Gasteiger charge is -2.35. The Morgan fingerprint density at radius 3 is 2.39 bits per heavy atom. The van der Waals surface area contributed by atoms with Crippen molar-refractivity contribution >= 4 is 23.2 Å². The van der Waals surface area contributed by atoms with Crippen molar-refractivity contribution < 1.29 is 9.59 Å². The summed E-state index contributed by atoms with van der Waals surface area (Å²) in [6.45, 7) is 3.98. The lowest BCUT2D eigenvalue weighted by atomic mass is 10.2. The van der Waals surface area contributed by atoms with E-state index in [1.807, 2.05) is 17.5 Å². The highest BCUT2D eigenvalue weighted by molar-refractivity contribution is 7.12. The molecular weight excluding hydrogens is 250 g/mol. The highest BCUT2D eigenvalue weighted by Crippen LogP contribution is 2.14. The Morgan fingerprint density at radius 2 is 1.89 bits per heavy atom. The van der Waals surface area contributed by atoms with Gasteiger partial charge in [-0.15, -0.1) is 11.3 Å². The first kappa shape index (κ1) is 13.0. The van der Waals surface area contributed by atoms with Crippen LogP contribution in [0.15, 0.2) is 17.5 Å². The molecule has 1 aromatic heterocycles. The molecule has 2 N–H and O–H groups in total. The van der Waals surface area contributed by atoms with Crippen LogP contribution in [0, 0.1) is 0 Å². The van der Waals surface area contributed by atoms with Crippen LogP contribution < -0.4 is 5.73 Å². The second-order valence-corrected chi connectivity index (χ2v) is 5.33. The standard InChI is InChI=1S/C12H17N3O2S/c1-9(13)11(16)14-4-6-15(7-5-14)12(17)10-3-2-8-18-10/h2-3,8-9H,4-7,13H2,1H3/t9-/m1/s1. The third-order valence-corrected chi connectivity index (χ3v) is 3.86. The van der Waals surface area contributed by atoms with E-state index in [4.69, 9.17) is 5.73 Å². The number of nitrogens with two attached hydrogens (primary N) is 1. The fourth-order valence-corrected chi connectivity index (χ4v) is 2.66. The number of amides is 2. The van der Waals surface area contributed by atoms with Gasteiger partial charge in [0, 0.05) is 26.2 Å². The Labute approximate surface area is 110 Å². The maximum absolute atomic E-state index is 12.1. The van der Waals surface area contributed by atoms with Crippen LogP contribution in [0.3, 0.4) is 0 Å². The van der Waals surface area contributed by atoms with Crippen molar-refractivity contribution in [2.24, 2.45) is 5.73 Å². The Hall–Kier alpha value is -1.40. The topological polar surface area (TPSA) is 66.6 Å². The minimum absolute atomic E-state index is 0.0433. The van der Waals surface area contributed by atoms with Gasteiger partial charge in [0.05, 0.1) is 10.9 Å². The van der Waals surface area contributed by atoms with Crippen molar-refractivity contribution in [1.82, 2.24) is 9.80 Å². The number of piperazine rings is 1. The fraction of sp³-hybridized carbons (Fsp3) is 0.500. The van der Waals surface area contributed by atoms with Gasteiger partial charge in [-0.05, 0) is 18.4 Å². The molecule has 0 saturated carbocycles. The van der Waals surface area contributed by atoms with Gasteiger partial charge in [-0.2, -0.15) is 0 Å². The van der Waals surface area contributed by atoms with Crippen LogP contribution in [0.2, 0.25) is 0 Å². The summed E-state index contributed by atoms with van der Waals surface area (Å²) < 4.78 is 0. The van der Waals surface area contributed by atoms with E-state index in [0.29, 0.717) is 26.2 Å². The van der Waals surface area contributed by atoms with Crippen LogP contribution >= 0.6 is 11.3 Å². The second kappa shape index (κ2) is 5.49. The number of carbonyl (C=O) groups excluding carboxylic acids is 2. The summed E-state index contributed by atoms with van der Waals surface area (Å²) in [6.07, 6.45) is 0. The maximum Gasteiger partial charge on any atom is 0.264 e. The Balaban J connectivity index is 1.91. The van der Waals surface area contributed by atoms with Gasteiger partial charge in [0.1, 0.15) is 0 Å². The van der Waals surface area contributed by atoms with Gasteiger partial charge in [-0.25, -0.2) is 0 Å². The molecule has 0 radical (unpaired) electrons. The molecule has 1 saturated heterocycles. The Kier molecular flexibility index (Phi) is 3.98. The molecule has 2 amide bonds. The molecule has 5 nitrogen and oxygen atoms in total. The van der Waals surface area contributed by atoms with E-state index < -0.39 is 6.04 Å². The molecule has 6 heteroatoms. The van der Waals surface area contributed by atoms with E-state index in [1.165, 1.54) is 11.3 Å². The number of hydrogen-bond acceptors (Lipinski definition) is 4. The lowest BCUT2D eigenvalue weighted by molar-refractivity contribution is -0.133. The molecule has 1 atom stereocenters. The average Bonchev–Trinajstić information content (AvgIpc) is 2.91. The first-order valence-corrected chi connectivity index (χ1v) is 6.84. The molecule has 2 rings (SSSR count). The summed E-state index contributed by atoms with van der Waals surface area (Å²) in [4.78, 5) is 28.0. The average molecular weight is 267 g/mol. The number of thiophene rings is 1. The van der Waals surface area contributed by atoms with Crippen molar-refractivity contribution in [1.29, 1.82) is 0 Å². The molecule has 0 aliphatic carbocycles. The van der Waals surface area contributed by atoms with Crippen LogP contribution in [-0.2, 0) is 4.79 Å². The Bertz CT molecular complexity index is 423. The van der Waals surface area contributed by atoms with E-state index in [2.05, 4.69) is 0 Å². The van der Waals surface area contributed by atoms with Crippen molar-refractivity contribution in [2.45, 2.75) is 13.0 Å². The molecule has 0 bridgehead atoms. The normalized spacial score (nSPS) is 17.7. The zero-order valence-corrected chi connectivity index (χ0v) is 11.2. The largest absolute Gasteiger partial charge is 0.338 e. The summed E-state index contributed by atoms with van der Waals surface area (Å²) in [6, 6.07) is 3.23. The molecule has 0 unspecified atom stereocenters. The number of rotatable bonds is 2. The van der Waals surface area contributed by atoms with Gasteiger partial charge in [0.25, 0.3) is 5.91 Å². The molecule has 98 valence electrons. The van der Waals surface area contributed by atoms with Crippen LogP contribution in [0.4, 0.5) is 0 Å². The zero-order valence-electron chi connectivity index (χ0n) is 10.3. The lowest BCUT2D eigenvalue weighted by Crippen LogP contribution is -2.53. The van der Waals surface area contributed by atoms with Gasteiger partial charge >= 0.3 is 0 Å². The molecule has 1 aliphatic rings. The first-order valence-electron chi connectivity index (χ1n) is 5.96. The predicted molar refractivity (Wildman–Crippen MR) is 70.5 cm³/mol. The number of carbonyl (C=O) groups is 2. The molecule has 0 spiro atoms. The monoisotopic (exact) mass is 267 g/mol. The SMILES string of the molecule is C[C@@H](N)C(=O)N1CCN(C(=O)c2cccs2)CC1. The minimum Gasteiger partial charge on any atom is -0.338 e. The van der Waals surface area contributed by atoms with E-state index in [9.17, 15) is 9.59 Å². The minimum atomic E-state index is -0.468. The van der Waals surface area contributed by atoms with E-state index in [1.54, 1.807) is 16.7 Å². The molecule has 0 aromatic carbocycles.